The number of rotatable bonds is 4. The van der Waals surface area contributed by atoms with E-state index in [0.29, 0.717) is 22.9 Å². The Labute approximate surface area is 207 Å². The van der Waals surface area contributed by atoms with Gasteiger partial charge in [0.25, 0.3) is 0 Å². The molecule has 0 unspecified atom stereocenters. The topological polar surface area (TPSA) is 93.2 Å². The molecule has 4 aliphatic carbocycles. The van der Waals surface area contributed by atoms with E-state index in [2.05, 4.69) is 0 Å². The second-order valence-electron chi connectivity index (χ2n) is 10.2. The van der Waals surface area contributed by atoms with Gasteiger partial charge in [-0.15, -0.1) is 0 Å². The quantitative estimate of drug-likeness (QED) is 0.489. The van der Waals surface area contributed by atoms with Crippen LogP contribution in [0.3, 0.4) is 0 Å². The molecule has 2 saturated carbocycles. The third-order valence-electron chi connectivity index (χ3n) is 9.00. The lowest BCUT2D eigenvalue weighted by Gasteiger charge is -2.60. The van der Waals surface area contributed by atoms with E-state index in [-0.39, 0.29) is 47.3 Å². The lowest BCUT2D eigenvalue weighted by atomic mass is 9.40. The summed E-state index contributed by atoms with van der Waals surface area (Å²) in [5, 5.41) is 0. The summed E-state index contributed by atoms with van der Waals surface area (Å²) in [5.41, 5.74) is 1.04. The lowest BCUT2D eigenvalue weighted by Crippen LogP contribution is -2.63. The number of amides is 4. The van der Waals surface area contributed by atoms with Crippen molar-refractivity contribution >= 4 is 35.0 Å². The molecule has 4 fully saturated rings. The largest absolute Gasteiger partial charge is 0.497 e. The number of hydrogen-bond acceptors (Lipinski definition) is 6. The van der Waals surface area contributed by atoms with Crippen LogP contribution in [0.5, 0.6) is 11.5 Å². The summed E-state index contributed by atoms with van der Waals surface area (Å²) >= 11 is 0. The molecule has 2 bridgehead atoms. The first-order valence-electron chi connectivity index (χ1n) is 12.2. The normalized spacial score (nSPS) is 35.5. The SMILES string of the molecule is COc1ccc(N2C(=O)[C@@H]3[C@@H]4C=C[C@@H]([C@H]3C2=O)[C@H]2[C@H]3C(=O)N(c5ccc(OC)cc5)C(=O)[C@@H]3[C@H]42)cc1. The molecule has 0 N–H and O–H groups in total. The molecule has 2 aromatic rings. The van der Waals surface area contributed by atoms with Crippen molar-refractivity contribution < 1.29 is 28.7 Å². The second-order valence-corrected chi connectivity index (χ2v) is 10.2. The van der Waals surface area contributed by atoms with Crippen LogP contribution in [0, 0.1) is 47.3 Å². The van der Waals surface area contributed by atoms with Gasteiger partial charge in [0, 0.05) is 0 Å². The molecule has 2 saturated heterocycles. The Morgan fingerprint density at radius 1 is 0.528 bits per heavy atom. The van der Waals surface area contributed by atoms with Gasteiger partial charge in [-0.2, -0.15) is 0 Å². The van der Waals surface area contributed by atoms with E-state index in [0.717, 1.165) is 0 Å². The molecule has 8 atom stereocenters. The maximum Gasteiger partial charge on any atom is 0.238 e. The molecule has 182 valence electrons. The first-order chi connectivity index (χ1) is 17.5. The van der Waals surface area contributed by atoms with Gasteiger partial charge in [0.05, 0.1) is 49.3 Å². The minimum atomic E-state index is -0.505. The van der Waals surface area contributed by atoms with Gasteiger partial charge in [0.1, 0.15) is 11.5 Å². The summed E-state index contributed by atoms with van der Waals surface area (Å²) in [6.07, 6.45) is 4.03. The second kappa shape index (κ2) is 7.29. The Morgan fingerprint density at radius 3 is 1.19 bits per heavy atom. The molecule has 2 heterocycles. The highest BCUT2D eigenvalue weighted by atomic mass is 16.5. The molecule has 4 amide bonds. The van der Waals surface area contributed by atoms with E-state index in [9.17, 15) is 19.2 Å². The van der Waals surface area contributed by atoms with Crippen molar-refractivity contribution in [3.8, 4) is 11.5 Å². The third kappa shape index (κ3) is 2.49. The number of allylic oxidation sites excluding steroid dienone is 2. The van der Waals surface area contributed by atoms with Gasteiger partial charge < -0.3 is 9.47 Å². The van der Waals surface area contributed by atoms with E-state index >= 15 is 0 Å². The zero-order valence-corrected chi connectivity index (χ0v) is 19.7. The van der Waals surface area contributed by atoms with Crippen molar-refractivity contribution in [2.45, 2.75) is 0 Å². The Kier molecular flexibility index (Phi) is 4.32. The van der Waals surface area contributed by atoms with Crippen molar-refractivity contribution in [3.05, 3.63) is 60.7 Å². The van der Waals surface area contributed by atoms with Crippen molar-refractivity contribution in [2.24, 2.45) is 47.3 Å². The Hall–Kier alpha value is -3.94. The molecule has 6 aliphatic rings. The minimum absolute atomic E-state index is 0.112. The highest BCUT2D eigenvalue weighted by Gasteiger charge is 2.75. The monoisotopic (exact) mass is 484 g/mol. The molecule has 8 heteroatoms. The van der Waals surface area contributed by atoms with Crippen molar-refractivity contribution in [1.82, 2.24) is 0 Å². The van der Waals surface area contributed by atoms with Gasteiger partial charge in [-0.25, -0.2) is 0 Å². The fraction of sp³-hybridized carbons (Fsp3) is 0.357. The highest BCUT2D eigenvalue weighted by Crippen LogP contribution is 2.68. The molecule has 2 aliphatic heterocycles. The summed E-state index contributed by atoms with van der Waals surface area (Å²) in [7, 11) is 3.12. The third-order valence-corrected chi connectivity index (χ3v) is 9.00. The molecular formula is C28H24N2O6. The van der Waals surface area contributed by atoms with E-state index in [1.807, 2.05) is 12.2 Å². The van der Waals surface area contributed by atoms with E-state index in [4.69, 9.17) is 9.47 Å². The summed E-state index contributed by atoms with van der Waals surface area (Å²) in [5.74, 6) is -2.21. The number of hydrogen-bond donors (Lipinski definition) is 0. The first-order valence-corrected chi connectivity index (χ1v) is 12.2. The number of carbonyl (C=O) groups excluding carboxylic acids is 4. The average Bonchev–Trinajstić information content (AvgIpc) is 3.28. The molecule has 36 heavy (non-hydrogen) atoms. The molecule has 0 spiro atoms. The number of imide groups is 2. The van der Waals surface area contributed by atoms with Gasteiger partial charge in [0.15, 0.2) is 0 Å². The first kappa shape index (κ1) is 21.4. The smallest absolute Gasteiger partial charge is 0.238 e. The zero-order chi connectivity index (χ0) is 24.9. The van der Waals surface area contributed by atoms with Gasteiger partial charge in [0.2, 0.25) is 23.6 Å². The number of benzene rings is 2. The lowest BCUT2D eigenvalue weighted by molar-refractivity contribution is -0.166. The average molecular weight is 485 g/mol. The number of methoxy groups -OCH3 is 2. The predicted octanol–water partition coefficient (Wildman–Crippen LogP) is 2.68. The Morgan fingerprint density at radius 2 is 0.861 bits per heavy atom. The van der Waals surface area contributed by atoms with Crippen LogP contribution in [0.25, 0.3) is 0 Å². The molecule has 2 aromatic carbocycles. The number of ether oxygens (including phenoxy) is 2. The van der Waals surface area contributed by atoms with E-state index in [1.165, 1.54) is 9.80 Å². The summed E-state index contributed by atoms with van der Waals surface area (Å²) in [6, 6.07) is 13.8. The van der Waals surface area contributed by atoms with Crippen LogP contribution >= 0.6 is 0 Å². The van der Waals surface area contributed by atoms with Crippen LogP contribution in [-0.4, -0.2) is 37.8 Å². The van der Waals surface area contributed by atoms with E-state index in [1.54, 1.807) is 62.8 Å². The summed E-state index contributed by atoms with van der Waals surface area (Å²) < 4.78 is 10.4. The van der Waals surface area contributed by atoms with Crippen LogP contribution in [0.2, 0.25) is 0 Å². The fourth-order valence-corrected chi connectivity index (χ4v) is 7.57. The molecule has 8 rings (SSSR count). The van der Waals surface area contributed by atoms with Crippen molar-refractivity contribution in [3.63, 3.8) is 0 Å². The van der Waals surface area contributed by atoms with Crippen LogP contribution < -0.4 is 19.3 Å². The summed E-state index contributed by atoms with van der Waals surface area (Å²) in [6.45, 7) is 0. The number of anilines is 2. The predicted molar refractivity (Wildman–Crippen MR) is 128 cm³/mol. The van der Waals surface area contributed by atoms with Crippen LogP contribution in [-0.2, 0) is 19.2 Å². The van der Waals surface area contributed by atoms with Gasteiger partial charge in [-0.3, -0.25) is 29.0 Å². The number of carbonyl (C=O) groups is 4. The Bertz CT molecular complexity index is 1290. The van der Waals surface area contributed by atoms with E-state index < -0.39 is 23.7 Å². The number of nitrogens with zero attached hydrogens (tertiary/aromatic N) is 2. The zero-order valence-electron chi connectivity index (χ0n) is 19.7. The fourth-order valence-electron chi connectivity index (χ4n) is 7.57. The molecular weight excluding hydrogens is 460 g/mol. The van der Waals surface area contributed by atoms with Gasteiger partial charge in [-0.1, -0.05) is 12.2 Å². The molecule has 0 radical (unpaired) electrons. The number of fused-ring (bicyclic) bond motifs is 1. The maximum absolute atomic E-state index is 13.6. The standard InChI is InChI=1S/C28H24N2O6/c1-35-15-7-3-13(4-8-15)29-25(31)21-17-11-12-18(22(21)26(29)32)20-19(17)23-24(20)28(34)30(27(23)33)14-5-9-16(36-2)10-6-14/h3-12,17-24H,1-2H3/t17-,18-,19-,20-,21-,22-,23-,24-/m1/s1. The maximum atomic E-state index is 13.6. The molecule has 8 nitrogen and oxygen atoms in total. The van der Waals surface area contributed by atoms with Crippen LogP contribution in [0.15, 0.2) is 60.7 Å². The minimum Gasteiger partial charge on any atom is -0.497 e. The van der Waals surface area contributed by atoms with Crippen LogP contribution in [0.1, 0.15) is 0 Å². The summed E-state index contributed by atoms with van der Waals surface area (Å²) in [4.78, 5) is 56.9. The Balaban J connectivity index is 1.22. The van der Waals surface area contributed by atoms with Crippen molar-refractivity contribution in [1.29, 1.82) is 0 Å². The molecule has 0 aromatic heterocycles. The highest BCUT2D eigenvalue weighted by molar-refractivity contribution is 6.25. The van der Waals surface area contributed by atoms with Gasteiger partial charge in [-0.05, 0) is 72.2 Å². The van der Waals surface area contributed by atoms with Gasteiger partial charge >= 0.3 is 0 Å². The van der Waals surface area contributed by atoms with Crippen molar-refractivity contribution in [2.75, 3.05) is 24.0 Å². The van der Waals surface area contributed by atoms with Crippen LogP contribution in [0.4, 0.5) is 11.4 Å².